The number of likely N-dealkylation sites (tertiary alicyclic amines) is 1. The van der Waals surface area contributed by atoms with Crippen LogP contribution >= 0.6 is 0 Å². The van der Waals surface area contributed by atoms with E-state index in [1.807, 2.05) is 24.3 Å². The van der Waals surface area contributed by atoms with E-state index < -0.39 is 5.72 Å². The first-order valence-electron chi connectivity index (χ1n) is 11.1. The van der Waals surface area contributed by atoms with Crippen LogP contribution in [0.15, 0.2) is 42.5 Å². The Hall–Kier alpha value is -2.90. The monoisotopic (exact) mass is 422 g/mol. The molecule has 7 heteroatoms. The molecule has 0 radical (unpaired) electrons. The van der Waals surface area contributed by atoms with Crippen LogP contribution in [0, 0.1) is 0 Å². The number of hydrazine groups is 1. The Labute approximate surface area is 182 Å². The molecule has 0 aliphatic carbocycles. The van der Waals surface area contributed by atoms with E-state index in [-0.39, 0.29) is 12.8 Å². The summed E-state index contributed by atoms with van der Waals surface area (Å²) in [4.78, 5) is 1.62. The molecule has 0 unspecified atom stereocenters. The zero-order chi connectivity index (χ0) is 21.0. The number of rotatable bonds is 3. The van der Waals surface area contributed by atoms with Gasteiger partial charge in [-0.15, -0.1) is 0 Å². The van der Waals surface area contributed by atoms with Gasteiger partial charge in [0.2, 0.25) is 6.79 Å². The molecule has 6 rings (SSSR count). The topological polar surface area (TPSA) is 56.6 Å². The fraction of sp³-hybridized carbons (Fsp3) is 0.417. The Kier molecular flexibility index (Phi) is 4.30. The summed E-state index contributed by atoms with van der Waals surface area (Å²) in [6, 6.07) is 12.3. The third-order valence-electron chi connectivity index (χ3n) is 7.04. The maximum absolute atomic E-state index is 6.79. The molecule has 1 saturated heterocycles. The lowest BCUT2D eigenvalue weighted by Crippen LogP contribution is -3.13. The minimum atomic E-state index is -0.403. The Balaban J connectivity index is 1.41. The van der Waals surface area contributed by atoms with Crippen molar-refractivity contribution >= 4 is 5.70 Å². The molecular formula is C24H28N3O4+. The van der Waals surface area contributed by atoms with Gasteiger partial charge >= 0.3 is 0 Å². The Morgan fingerprint density at radius 1 is 1.16 bits per heavy atom. The van der Waals surface area contributed by atoms with Crippen molar-refractivity contribution in [3.8, 4) is 23.0 Å². The average Bonchev–Trinajstić information content (AvgIpc) is 3.47. The molecule has 4 aliphatic rings. The first-order chi connectivity index (χ1) is 15.2. The number of methoxy groups -OCH3 is 1. The van der Waals surface area contributed by atoms with Gasteiger partial charge in [-0.25, -0.2) is 0 Å². The smallest absolute Gasteiger partial charge is 0.231 e. The predicted molar refractivity (Wildman–Crippen MR) is 115 cm³/mol. The van der Waals surface area contributed by atoms with Gasteiger partial charge in [-0.2, -0.15) is 5.01 Å². The maximum atomic E-state index is 6.79. The molecule has 7 nitrogen and oxygen atoms in total. The molecule has 0 saturated carbocycles. The SMILES string of the molecule is CC[NH+]1CCC2(CC1)Oc1c(OC)cccc1[C@H]1C=C(c3ccc4c(c3)OCO4)NN12. The number of hydrogen-bond donors (Lipinski definition) is 2. The molecule has 162 valence electrons. The molecule has 1 spiro atoms. The van der Waals surface area contributed by atoms with Crippen molar-refractivity contribution in [1.82, 2.24) is 10.4 Å². The molecule has 1 fully saturated rings. The highest BCUT2D eigenvalue weighted by molar-refractivity contribution is 5.70. The van der Waals surface area contributed by atoms with E-state index in [0.717, 1.165) is 72.3 Å². The van der Waals surface area contributed by atoms with Gasteiger partial charge in [0, 0.05) is 11.1 Å². The molecule has 4 heterocycles. The second-order valence-corrected chi connectivity index (χ2v) is 8.61. The first kappa shape index (κ1) is 18.8. The molecule has 2 aromatic carbocycles. The number of piperidine rings is 1. The molecule has 31 heavy (non-hydrogen) atoms. The summed E-state index contributed by atoms with van der Waals surface area (Å²) in [6.07, 6.45) is 4.21. The fourth-order valence-electron chi connectivity index (χ4n) is 5.24. The molecule has 1 atom stereocenters. The second kappa shape index (κ2) is 7.07. The maximum Gasteiger partial charge on any atom is 0.231 e. The van der Waals surface area contributed by atoms with Crippen molar-refractivity contribution in [3.63, 3.8) is 0 Å². The van der Waals surface area contributed by atoms with E-state index in [1.54, 1.807) is 12.0 Å². The third-order valence-corrected chi connectivity index (χ3v) is 7.04. The number of quaternary nitrogens is 1. The van der Waals surface area contributed by atoms with Crippen molar-refractivity contribution in [2.45, 2.75) is 31.5 Å². The van der Waals surface area contributed by atoms with Gasteiger partial charge in [0.1, 0.15) is 0 Å². The third kappa shape index (κ3) is 2.87. The number of nitrogens with one attached hydrogen (secondary N) is 2. The quantitative estimate of drug-likeness (QED) is 0.790. The van der Waals surface area contributed by atoms with Crippen molar-refractivity contribution < 1.29 is 23.8 Å². The summed E-state index contributed by atoms with van der Waals surface area (Å²) < 4.78 is 23.6. The van der Waals surface area contributed by atoms with Crippen LogP contribution in [0.3, 0.4) is 0 Å². The van der Waals surface area contributed by atoms with Crippen LogP contribution in [0.4, 0.5) is 0 Å². The highest BCUT2D eigenvalue weighted by Crippen LogP contribution is 2.51. The largest absolute Gasteiger partial charge is 0.493 e. The van der Waals surface area contributed by atoms with Gasteiger partial charge in [0.25, 0.3) is 0 Å². The van der Waals surface area contributed by atoms with Gasteiger partial charge in [-0.3, -0.25) is 0 Å². The van der Waals surface area contributed by atoms with Crippen LogP contribution in [0.25, 0.3) is 5.70 Å². The molecular weight excluding hydrogens is 394 g/mol. The minimum absolute atomic E-state index is 0.0717. The second-order valence-electron chi connectivity index (χ2n) is 8.61. The zero-order valence-electron chi connectivity index (χ0n) is 17.9. The Morgan fingerprint density at radius 3 is 2.81 bits per heavy atom. The Bertz CT molecular complexity index is 1050. The lowest BCUT2D eigenvalue weighted by molar-refractivity contribution is -0.906. The van der Waals surface area contributed by atoms with Crippen LogP contribution in [0.2, 0.25) is 0 Å². The van der Waals surface area contributed by atoms with Crippen molar-refractivity contribution in [1.29, 1.82) is 0 Å². The van der Waals surface area contributed by atoms with Crippen LogP contribution in [-0.2, 0) is 0 Å². The summed E-state index contributed by atoms with van der Waals surface area (Å²) in [7, 11) is 1.71. The fourth-order valence-corrected chi connectivity index (χ4v) is 5.24. The van der Waals surface area contributed by atoms with Crippen molar-refractivity contribution in [3.05, 3.63) is 53.6 Å². The average molecular weight is 423 g/mol. The zero-order valence-corrected chi connectivity index (χ0v) is 17.9. The van der Waals surface area contributed by atoms with Crippen molar-refractivity contribution in [2.75, 3.05) is 33.5 Å². The van der Waals surface area contributed by atoms with E-state index in [4.69, 9.17) is 18.9 Å². The standard InChI is InChI=1S/C24H27N3O4/c1-3-26-11-9-24(10-12-26)27-19(17-5-4-6-21(28-2)23(17)31-24)14-18(25-27)16-7-8-20-22(13-16)30-15-29-20/h4-8,13-14,19,25H,3,9-12,15H2,1-2H3/p+1/t19-/m1/s1. The summed E-state index contributed by atoms with van der Waals surface area (Å²) >= 11 is 0. The first-order valence-corrected chi connectivity index (χ1v) is 11.1. The number of benzene rings is 2. The van der Waals surface area contributed by atoms with Gasteiger partial charge in [-0.05, 0) is 37.3 Å². The molecule has 2 N–H and O–H groups in total. The summed E-state index contributed by atoms with van der Waals surface area (Å²) in [5.41, 5.74) is 6.56. The summed E-state index contributed by atoms with van der Waals surface area (Å²) in [5.74, 6) is 3.26. The van der Waals surface area contributed by atoms with E-state index >= 15 is 0 Å². The summed E-state index contributed by atoms with van der Waals surface area (Å²) in [6.45, 7) is 5.86. The summed E-state index contributed by atoms with van der Waals surface area (Å²) in [5, 5.41) is 2.32. The van der Waals surface area contributed by atoms with Crippen LogP contribution in [0.1, 0.15) is 36.9 Å². The highest BCUT2D eigenvalue weighted by Gasteiger charge is 2.53. The van der Waals surface area contributed by atoms with E-state index in [9.17, 15) is 0 Å². The van der Waals surface area contributed by atoms with Gasteiger partial charge in [0.05, 0.1) is 51.3 Å². The minimum Gasteiger partial charge on any atom is -0.493 e. The van der Waals surface area contributed by atoms with Crippen LogP contribution in [-0.4, -0.2) is 44.3 Å². The van der Waals surface area contributed by atoms with Crippen LogP contribution in [0.5, 0.6) is 23.0 Å². The molecule has 2 aromatic rings. The normalized spacial score (nSPS) is 28.4. The molecule has 0 amide bonds. The number of ether oxygens (including phenoxy) is 4. The van der Waals surface area contributed by atoms with E-state index in [1.165, 1.54) is 0 Å². The predicted octanol–water partition coefficient (Wildman–Crippen LogP) is 2.11. The lowest BCUT2D eigenvalue weighted by atomic mass is 9.92. The van der Waals surface area contributed by atoms with E-state index in [0.29, 0.717) is 0 Å². The molecule has 0 bridgehead atoms. The molecule has 4 aliphatic heterocycles. The molecule has 0 aromatic heterocycles. The lowest BCUT2D eigenvalue weighted by Gasteiger charge is -2.50. The van der Waals surface area contributed by atoms with Gasteiger partial charge in [-0.1, -0.05) is 12.1 Å². The Morgan fingerprint density at radius 2 is 2.00 bits per heavy atom. The number of para-hydroxylation sites is 1. The van der Waals surface area contributed by atoms with Crippen LogP contribution < -0.4 is 29.3 Å². The highest BCUT2D eigenvalue weighted by atomic mass is 16.7. The number of fused-ring (bicyclic) bond motifs is 5. The van der Waals surface area contributed by atoms with E-state index in [2.05, 4.69) is 35.6 Å². The van der Waals surface area contributed by atoms with Gasteiger partial charge < -0.3 is 29.3 Å². The van der Waals surface area contributed by atoms with Gasteiger partial charge in [0.15, 0.2) is 28.7 Å². The number of hydrogen-bond acceptors (Lipinski definition) is 6. The van der Waals surface area contributed by atoms with Crippen molar-refractivity contribution in [2.24, 2.45) is 0 Å². The number of nitrogens with zero attached hydrogens (tertiary/aromatic N) is 1.